The van der Waals surface area contributed by atoms with Crippen LogP contribution in [0.3, 0.4) is 0 Å². The number of nitrogens with one attached hydrogen (secondary N) is 2. The van der Waals surface area contributed by atoms with Crippen molar-refractivity contribution < 1.29 is 4.79 Å². The molecule has 0 aliphatic carbocycles. The Morgan fingerprint density at radius 2 is 1.58 bits per heavy atom. The molecular weight excluding hydrogens is 364 g/mol. The highest BCUT2D eigenvalue weighted by Gasteiger charge is 2.03. The van der Waals surface area contributed by atoms with Crippen LogP contribution < -0.4 is 10.6 Å². The fourth-order valence-electron chi connectivity index (χ4n) is 2.38. The lowest BCUT2D eigenvalue weighted by Gasteiger charge is -2.09. The molecule has 0 heterocycles. The zero-order valence-electron chi connectivity index (χ0n) is 13.0. The predicted molar refractivity (Wildman–Crippen MR) is 102 cm³/mol. The van der Waals surface area contributed by atoms with Crippen molar-refractivity contribution in [2.24, 2.45) is 0 Å². The first-order chi connectivity index (χ1) is 11.7. The van der Waals surface area contributed by atoms with Gasteiger partial charge in [0.25, 0.3) is 0 Å². The van der Waals surface area contributed by atoms with Crippen LogP contribution in [-0.4, -0.2) is 6.03 Å². The van der Waals surface area contributed by atoms with E-state index in [9.17, 15) is 4.79 Å². The van der Waals surface area contributed by atoms with E-state index in [1.807, 2.05) is 54.6 Å². The molecular formula is C20H17BrN2O. The first-order valence-electron chi connectivity index (χ1n) is 7.65. The fraction of sp³-hybridized carbons (Fsp3) is 0.0500. The van der Waals surface area contributed by atoms with Gasteiger partial charge in [-0.15, -0.1) is 0 Å². The highest BCUT2D eigenvalue weighted by molar-refractivity contribution is 9.10. The standard InChI is InChI=1S/C20H17BrN2O/c21-18-11-9-16(10-12-18)17-6-4-5-15(13-17)14-22-20(24)23-19-7-2-1-3-8-19/h1-13H,14H2,(H2,22,23,24). The molecule has 0 aliphatic heterocycles. The van der Waals surface area contributed by atoms with Crippen molar-refractivity contribution in [3.63, 3.8) is 0 Å². The maximum atomic E-state index is 12.0. The largest absolute Gasteiger partial charge is 0.334 e. The lowest BCUT2D eigenvalue weighted by Crippen LogP contribution is -2.28. The zero-order valence-corrected chi connectivity index (χ0v) is 14.6. The molecule has 4 heteroatoms. The zero-order chi connectivity index (χ0) is 16.8. The van der Waals surface area contributed by atoms with Crippen LogP contribution in [0.5, 0.6) is 0 Å². The van der Waals surface area contributed by atoms with E-state index in [1.165, 1.54) is 0 Å². The van der Waals surface area contributed by atoms with Crippen LogP contribution in [0.25, 0.3) is 11.1 Å². The fourth-order valence-corrected chi connectivity index (χ4v) is 2.65. The number of para-hydroxylation sites is 1. The summed E-state index contributed by atoms with van der Waals surface area (Å²) in [5, 5.41) is 5.69. The van der Waals surface area contributed by atoms with Crippen LogP contribution >= 0.6 is 15.9 Å². The Kier molecular flexibility index (Phi) is 5.29. The van der Waals surface area contributed by atoms with Crippen molar-refractivity contribution in [3.8, 4) is 11.1 Å². The number of rotatable bonds is 4. The van der Waals surface area contributed by atoms with Gasteiger partial charge in [0.05, 0.1) is 0 Å². The lowest BCUT2D eigenvalue weighted by atomic mass is 10.0. The monoisotopic (exact) mass is 380 g/mol. The summed E-state index contributed by atoms with van der Waals surface area (Å²) >= 11 is 3.45. The second-order valence-corrected chi connectivity index (χ2v) is 6.30. The molecule has 0 aromatic heterocycles. The number of amides is 2. The van der Waals surface area contributed by atoms with Gasteiger partial charge in [-0.3, -0.25) is 0 Å². The Morgan fingerprint density at radius 1 is 0.833 bits per heavy atom. The van der Waals surface area contributed by atoms with Crippen LogP contribution in [0.1, 0.15) is 5.56 Å². The van der Waals surface area contributed by atoms with Gasteiger partial charge in [-0.25, -0.2) is 4.79 Å². The molecule has 2 N–H and O–H groups in total. The molecule has 2 amide bonds. The van der Waals surface area contributed by atoms with Crippen molar-refractivity contribution >= 4 is 27.6 Å². The van der Waals surface area contributed by atoms with Gasteiger partial charge < -0.3 is 10.6 Å². The van der Waals surface area contributed by atoms with Crippen LogP contribution in [0.15, 0.2) is 83.3 Å². The molecule has 0 saturated heterocycles. The second kappa shape index (κ2) is 7.79. The van der Waals surface area contributed by atoms with Crippen molar-refractivity contribution in [3.05, 3.63) is 88.9 Å². The summed E-state index contributed by atoms with van der Waals surface area (Å²) in [4.78, 5) is 12.0. The minimum Gasteiger partial charge on any atom is -0.334 e. The maximum absolute atomic E-state index is 12.0. The Hall–Kier alpha value is -2.59. The third-order valence-electron chi connectivity index (χ3n) is 3.59. The molecule has 0 unspecified atom stereocenters. The Morgan fingerprint density at radius 3 is 2.33 bits per heavy atom. The van der Waals surface area contributed by atoms with Crippen LogP contribution in [0.2, 0.25) is 0 Å². The number of carbonyl (C=O) groups excluding carboxylic acids is 1. The van der Waals surface area contributed by atoms with Crippen molar-refractivity contribution in [1.29, 1.82) is 0 Å². The number of anilines is 1. The van der Waals surface area contributed by atoms with Crippen molar-refractivity contribution in [2.45, 2.75) is 6.54 Å². The Balaban J connectivity index is 1.62. The number of urea groups is 1. The summed E-state index contributed by atoms with van der Waals surface area (Å²) in [6.45, 7) is 0.475. The van der Waals surface area contributed by atoms with Crippen LogP contribution in [-0.2, 0) is 6.54 Å². The van der Waals surface area contributed by atoms with Gasteiger partial charge in [-0.1, -0.05) is 64.5 Å². The lowest BCUT2D eigenvalue weighted by molar-refractivity contribution is 0.251. The number of benzene rings is 3. The first kappa shape index (κ1) is 16.3. The third-order valence-corrected chi connectivity index (χ3v) is 4.12. The number of hydrogen-bond donors (Lipinski definition) is 2. The van der Waals surface area contributed by atoms with E-state index in [0.29, 0.717) is 6.54 Å². The van der Waals surface area contributed by atoms with Gasteiger partial charge in [0.2, 0.25) is 0 Å². The maximum Gasteiger partial charge on any atom is 0.319 e. The molecule has 3 rings (SSSR count). The van der Waals surface area contributed by atoms with Crippen molar-refractivity contribution in [2.75, 3.05) is 5.32 Å². The minimum atomic E-state index is -0.213. The van der Waals surface area contributed by atoms with Gasteiger partial charge in [0.1, 0.15) is 0 Å². The van der Waals surface area contributed by atoms with E-state index in [4.69, 9.17) is 0 Å². The average Bonchev–Trinajstić information content (AvgIpc) is 2.62. The van der Waals surface area contributed by atoms with E-state index in [2.05, 4.69) is 50.8 Å². The minimum absolute atomic E-state index is 0.213. The van der Waals surface area contributed by atoms with E-state index in [1.54, 1.807) is 0 Å². The summed E-state index contributed by atoms with van der Waals surface area (Å²) in [5.74, 6) is 0. The molecule has 0 spiro atoms. The molecule has 0 bridgehead atoms. The molecule has 120 valence electrons. The summed E-state index contributed by atoms with van der Waals surface area (Å²) in [6, 6.07) is 25.5. The topological polar surface area (TPSA) is 41.1 Å². The molecule has 0 radical (unpaired) electrons. The molecule has 0 atom stereocenters. The first-order valence-corrected chi connectivity index (χ1v) is 8.45. The summed E-state index contributed by atoms with van der Waals surface area (Å²) in [6.07, 6.45) is 0. The highest BCUT2D eigenvalue weighted by atomic mass is 79.9. The summed E-state index contributed by atoms with van der Waals surface area (Å²) in [5.41, 5.74) is 4.11. The third kappa shape index (κ3) is 4.46. The average molecular weight is 381 g/mol. The molecule has 3 nitrogen and oxygen atoms in total. The SMILES string of the molecule is O=C(NCc1cccc(-c2ccc(Br)cc2)c1)Nc1ccccc1. The van der Waals surface area contributed by atoms with E-state index >= 15 is 0 Å². The highest BCUT2D eigenvalue weighted by Crippen LogP contribution is 2.22. The second-order valence-electron chi connectivity index (χ2n) is 5.38. The quantitative estimate of drug-likeness (QED) is 0.621. The number of halogens is 1. The van der Waals surface area contributed by atoms with Crippen LogP contribution in [0.4, 0.5) is 10.5 Å². The van der Waals surface area contributed by atoms with Gasteiger partial charge in [-0.2, -0.15) is 0 Å². The van der Waals surface area contributed by atoms with Gasteiger partial charge >= 0.3 is 6.03 Å². The predicted octanol–water partition coefficient (Wildman–Crippen LogP) is 5.44. The van der Waals surface area contributed by atoms with Crippen molar-refractivity contribution in [1.82, 2.24) is 5.32 Å². The van der Waals surface area contributed by atoms with Gasteiger partial charge in [0.15, 0.2) is 0 Å². The van der Waals surface area contributed by atoms with E-state index in [-0.39, 0.29) is 6.03 Å². The number of hydrogen-bond acceptors (Lipinski definition) is 1. The summed E-state index contributed by atoms with van der Waals surface area (Å²) in [7, 11) is 0. The molecule has 3 aromatic carbocycles. The van der Waals surface area contributed by atoms with E-state index < -0.39 is 0 Å². The van der Waals surface area contributed by atoms with Gasteiger partial charge in [0, 0.05) is 16.7 Å². The molecule has 24 heavy (non-hydrogen) atoms. The number of carbonyl (C=O) groups is 1. The van der Waals surface area contributed by atoms with E-state index in [0.717, 1.165) is 26.9 Å². The summed E-state index contributed by atoms with van der Waals surface area (Å²) < 4.78 is 1.06. The van der Waals surface area contributed by atoms with Crippen LogP contribution in [0, 0.1) is 0 Å². The Bertz CT molecular complexity index is 817. The van der Waals surface area contributed by atoms with Gasteiger partial charge in [-0.05, 0) is 47.0 Å². The molecule has 0 fully saturated rings. The molecule has 3 aromatic rings. The Labute approximate surface area is 149 Å². The normalized spacial score (nSPS) is 10.2. The molecule has 0 aliphatic rings. The molecule has 0 saturated carbocycles. The smallest absolute Gasteiger partial charge is 0.319 e.